The van der Waals surface area contributed by atoms with Crippen LogP contribution in [-0.4, -0.2) is 31.9 Å². The second-order valence-corrected chi connectivity index (χ2v) is 4.44. The van der Waals surface area contributed by atoms with E-state index < -0.39 is 0 Å². The van der Waals surface area contributed by atoms with Crippen LogP contribution in [0.3, 0.4) is 0 Å². The van der Waals surface area contributed by atoms with Gasteiger partial charge in [0.2, 0.25) is 0 Å². The highest BCUT2D eigenvalue weighted by Crippen LogP contribution is 2.40. The Morgan fingerprint density at radius 2 is 2.38 bits per heavy atom. The van der Waals surface area contributed by atoms with Gasteiger partial charge in [-0.1, -0.05) is 6.07 Å². The van der Waals surface area contributed by atoms with Crippen LogP contribution in [0.15, 0.2) is 16.6 Å². The lowest BCUT2D eigenvalue weighted by Crippen LogP contribution is -2.33. The van der Waals surface area contributed by atoms with E-state index in [1.807, 2.05) is 6.07 Å². The molecule has 1 saturated heterocycles. The Hall–Kier alpha value is -0.780. The van der Waals surface area contributed by atoms with E-state index >= 15 is 0 Å². The van der Waals surface area contributed by atoms with Gasteiger partial charge in [-0.25, -0.2) is 0 Å². The molecule has 1 atom stereocenters. The average molecular weight is 288 g/mol. The van der Waals surface area contributed by atoms with Crippen LogP contribution in [0.1, 0.15) is 11.7 Å². The van der Waals surface area contributed by atoms with Gasteiger partial charge in [0, 0.05) is 18.7 Å². The van der Waals surface area contributed by atoms with Gasteiger partial charge in [-0.3, -0.25) is 0 Å². The van der Waals surface area contributed by atoms with Crippen LogP contribution in [0.5, 0.6) is 11.5 Å². The number of morpholine rings is 1. The zero-order valence-corrected chi connectivity index (χ0v) is 10.6. The highest BCUT2D eigenvalue weighted by Gasteiger charge is 2.22. The summed E-state index contributed by atoms with van der Waals surface area (Å²) in [6.45, 7) is 2.27. The Morgan fingerprint density at radius 3 is 3.00 bits per heavy atom. The van der Waals surface area contributed by atoms with Crippen molar-refractivity contribution >= 4 is 15.9 Å². The number of phenols is 1. The summed E-state index contributed by atoms with van der Waals surface area (Å²) in [6, 6.07) is 3.70. The van der Waals surface area contributed by atoms with Gasteiger partial charge in [-0.2, -0.15) is 0 Å². The fourth-order valence-electron chi connectivity index (χ4n) is 1.80. The van der Waals surface area contributed by atoms with Gasteiger partial charge < -0.3 is 19.9 Å². The van der Waals surface area contributed by atoms with Gasteiger partial charge in [0.05, 0.1) is 24.3 Å². The molecular weight excluding hydrogens is 274 g/mol. The Bertz CT molecular complexity index is 378. The molecule has 88 valence electrons. The molecule has 2 N–H and O–H groups in total. The highest BCUT2D eigenvalue weighted by molar-refractivity contribution is 9.10. The molecule has 0 bridgehead atoms. The summed E-state index contributed by atoms with van der Waals surface area (Å²) in [5, 5.41) is 13.1. The lowest BCUT2D eigenvalue weighted by molar-refractivity contribution is 0.0260. The van der Waals surface area contributed by atoms with Crippen LogP contribution in [0.25, 0.3) is 0 Å². The van der Waals surface area contributed by atoms with Crippen molar-refractivity contribution < 1.29 is 14.6 Å². The maximum Gasteiger partial charge on any atom is 0.172 e. The number of halogens is 1. The SMILES string of the molecule is COc1c(C2CNCCO2)ccc(Br)c1O. The van der Waals surface area contributed by atoms with Crippen LogP contribution < -0.4 is 10.1 Å². The molecule has 1 aromatic carbocycles. The van der Waals surface area contributed by atoms with Gasteiger partial charge in [-0.15, -0.1) is 0 Å². The van der Waals surface area contributed by atoms with Crippen molar-refractivity contribution in [1.82, 2.24) is 5.32 Å². The number of hydrogen-bond acceptors (Lipinski definition) is 4. The van der Waals surface area contributed by atoms with Crippen molar-refractivity contribution in [1.29, 1.82) is 0 Å². The van der Waals surface area contributed by atoms with E-state index in [0.29, 0.717) is 16.8 Å². The molecule has 0 amide bonds. The van der Waals surface area contributed by atoms with Crippen molar-refractivity contribution in [2.24, 2.45) is 0 Å². The molecule has 0 saturated carbocycles. The molecular formula is C11H14BrNO3. The van der Waals surface area contributed by atoms with Gasteiger partial charge in [0.25, 0.3) is 0 Å². The first kappa shape index (κ1) is 11.7. The molecule has 1 fully saturated rings. The number of phenolic OH excluding ortho intramolecular Hbond substituents is 1. The standard InChI is InChI=1S/C11H14BrNO3/c1-15-11-7(2-3-8(12)10(11)14)9-6-13-4-5-16-9/h2-3,9,13-14H,4-6H2,1H3. The van der Waals surface area contributed by atoms with Gasteiger partial charge in [0.15, 0.2) is 11.5 Å². The van der Waals surface area contributed by atoms with Gasteiger partial charge >= 0.3 is 0 Å². The van der Waals surface area contributed by atoms with E-state index in [1.165, 1.54) is 0 Å². The quantitative estimate of drug-likeness (QED) is 0.871. The highest BCUT2D eigenvalue weighted by atomic mass is 79.9. The van der Waals surface area contributed by atoms with E-state index in [-0.39, 0.29) is 11.9 Å². The second-order valence-electron chi connectivity index (χ2n) is 3.58. The first-order valence-corrected chi connectivity index (χ1v) is 5.91. The van der Waals surface area contributed by atoms with Crippen molar-refractivity contribution in [2.75, 3.05) is 26.8 Å². The number of nitrogens with one attached hydrogen (secondary N) is 1. The summed E-state index contributed by atoms with van der Waals surface area (Å²) in [4.78, 5) is 0. The van der Waals surface area contributed by atoms with Crippen LogP contribution in [-0.2, 0) is 4.74 Å². The summed E-state index contributed by atoms with van der Waals surface area (Å²) in [6.07, 6.45) is -0.0669. The zero-order valence-electron chi connectivity index (χ0n) is 9.00. The fourth-order valence-corrected chi connectivity index (χ4v) is 2.11. The molecule has 0 radical (unpaired) electrons. The molecule has 1 aliphatic rings. The number of ether oxygens (including phenoxy) is 2. The predicted octanol–water partition coefficient (Wildman–Crippen LogP) is 1.82. The van der Waals surface area contributed by atoms with Crippen molar-refractivity contribution in [3.63, 3.8) is 0 Å². The van der Waals surface area contributed by atoms with E-state index in [1.54, 1.807) is 13.2 Å². The molecule has 0 spiro atoms. The van der Waals surface area contributed by atoms with E-state index in [0.717, 1.165) is 18.7 Å². The number of aromatic hydroxyl groups is 1. The normalized spacial score (nSPS) is 20.8. The zero-order chi connectivity index (χ0) is 11.5. The van der Waals surface area contributed by atoms with E-state index in [2.05, 4.69) is 21.2 Å². The van der Waals surface area contributed by atoms with Gasteiger partial charge in [0.1, 0.15) is 0 Å². The first-order valence-electron chi connectivity index (χ1n) is 5.11. The molecule has 0 aliphatic carbocycles. The minimum atomic E-state index is -0.0669. The van der Waals surface area contributed by atoms with Gasteiger partial charge in [-0.05, 0) is 22.0 Å². The lowest BCUT2D eigenvalue weighted by Gasteiger charge is -2.25. The first-order chi connectivity index (χ1) is 7.74. The summed E-state index contributed by atoms with van der Waals surface area (Å²) < 4.78 is 11.5. The summed E-state index contributed by atoms with van der Waals surface area (Å²) in [5.41, 5.74) is 0.871. The molecule has 1 unspecified atom stereocenters. The smallest absolute Gasteiger partial charge is 0.172 e. The van der Waals surface area contributed by atoms with Crippen molar-refractivity contribution in [2.45, 2.75) is 6.10 Å². The lowest BCUT2D eigenvalue weighted by atomic mass is 10.1. The molecule has 5 heteroatoms. The molecule has 1 heterocycles. The minimum Gasteiger partial charge on any atom is -0.503 e. The molecule has 0 aromatic heterocycles. The van der Waals surface area contributed by atoms with Crippen molar-refractivity contribution in [3.8, 4) is 11.5 Å². The number of rotatable bonds is 2. The molecule has 16 heavy (non-hydrogen) atoms. The molecule has 2 rings (SSSR count). The Labute approximate surface area is 103 Å². The molecule has 1 aromatic rings. The summed E-state index contributed by atoms with van der Waals surface area (Å²) >= 11 is 3.26. The third kappa shape index (κ3) is 2.16. The van der Waals surface area contributed by atoms with Crippen LogP contribution >= 0.6 is 15.9 Å². The van der Waals surface area contributed by atoms with Crippen LogP contribution in [0.2, 0.25) is 0 Å². The van der Waals surface area contributed by atoms with Crippen LogP contribution in [0, 0.1) is 0 Å². The van der Waals surface area contributed by atoms with Crippen LogP contribution in [0.4, 0.5) is 0 Å². The van der Waals surface area contributed by atoms with E-state index in [9.17, 15) is 5.11 Å². The number of methoxy groups -OCH3 is 1. The maximum absolute atomic E-state index is 9.86. The third-order valence-corrected chi connectivity index (χ3v) is 3.23. The third-order valence-electron chi connectivity index (χ3n) is 2.59. The largest absolute Gasteiger partial charge is 0.503 e. The average Bonchev–Trinajstić information content (AvgIpc) is 2.33. The Morgan fingerprint density at radius 1 is 1.56 bits per heavy atom. The number of hydrogen-bond donors (Lipinski definition) is 2. The monoisotopic (exact) mass is 287 g/mol. The predicted molar refractivity (Wildman–Crippen MR) is 63.9 cm³/mol. The minimum absolute atomic E-state index is 0.0669. The van der Waals surface area contributed by atoms with E-state index in [4.69, 9.17) is 9.47 Å². The summed E-state index contributed by atoms with van der Waals surface area (Å²) in [7, 11) is 1.54. The molecule has 4 nitrogen and oxygen atoms in total. The van der Waals surface area contributed by atoms with Crippen molar-refractivity contribution in [3.05, 3.63) is 22.2 Å². The fraction of sp³-hybridized carbons (Fsp3) is 0.455. The number of benzene rings is 1. The second kappa shape index (κ2) is 5.03. The summed E-state index contributed by atoms with van der Waals surface area (Å²) in [5.74, 6) is 0.595. The maximum atomic E-state index is 9.86. The Kier molecular flexibility index (Phi) is 3.68. The molecule has 1 aliphatic heterocycles. The Balaban J connectivity index is 2.35. The topological polar surface area (TPSA) is 50.7 Å².